The monoisotopic (exact) mass is 310 g/mol. The van der Waals surface area contributed by atoms with Gasteiger partial charge in [-0.1, -0.05) is 0 Å². The summed E-state index contributed by atoms with van der Waals surface area (Å²) in [4.78, 5) is 11.7. The van der Waals surface area contributed by atoms with E-state index in [4.69, 9.17) is 14.2 Å². The molecule has 22 heavy (non-hydrogen) atoms. The fraction of sp³-hybridized carbons (Fsp3) is 0.588. The number of hydrogen-bond donors (Lipinski definition) is 0. The van der Waals surface area contributed by atoms with Crippen molar-refractivity contribution >= 4 is 5.97 Å². The lowest BCUT2D eigenvalue weighted by Gasteiger charge is -2.35. The van der Waals surface area contributed by atoms with Crippen LogP contribution >= 0.6 is 0 Å². The Kier molecular flexibility index (Phi) is 5.40. The summed E-state index contributed by atoms with van der Waals surface area (Å²) in [5, 5.41) is 0. The fourth-order valence-corrected chi connectivity index (χ4v) is 2.84. The van der Waals surface area contributed by atoms with Crippen LogP contribution in [0.25, 0.3) is 0 Å². The summed E-state index contributed by atoms with van der Waals surface area (Å²) in [7, 11) is 1.39. The van der Waals surface area contributed by atoms with Gasteiger partial charge in [0.15, 0.2) is 11.6 Å². The largest absolute Gasteiger partial charge is 0.493 e. The Labute approximate surface area is 130 Å². The van der Waals surface area contributed by atoms with Crippen LogP contribution in [0, 0.1) is 5.82 Å². The summed E-state index contributed by atoms with van der Waals surface area (Å²) >= 11 is 0. The summed E-state index contributed by atoms with van der Waals surface area (Å²) in [6, 6.07) is 3.24. The zero-order chi connectivity index (χ0) is 16.2. The van der Waals surface area contributed by atoms with Crippen LogP contribution in [0.1, 0.15) is 44.2 Å². The van der Waals surface area contributed by atoms with Crippen LogP contribution in [0.5, 0.6) is 5.75 Å². The van der Waals surface area contributed by atoms with Gasteiger partial charge in [-0.25, -0.2) is 4.39 Å². The Balaban J connectivity index is 2.36. The maximum absolute atomic E-state index is 14.3. The highest BCUT2D eigenvalue weighted by Gasteiger charge is 2.32. The van der Waals surface area contributed by atoms with Gasteiger partial charge in [0.25, 0.3) is 0 Å². The minimum absolute atomic E-state index is 0.0160. The molecule has 122 valence electrons. The maximum atomic E-state index is 14.3. The number of methoxy groups -OCH3 is 1. The Morgan fingerprint density at radius 3 is 2.77 bits per heavy atom. The molecule has 1 aliphatic heterocycles. The lowest BCUT2D eigenvalue weighted by molar-refractivity contribution is -0.142. The van der Waals surface area contributed by atoms with E-state index in [-0.39, 0.29) is 12.2 Å². The zero-order valence-corrected chi connectivity index (χ0v) is 13.4. The lowest BCUT2D eigenvalue weighted by atomic mass is 9.87. The minimum Gasteiger partial charge on any atom is -0.493 e. The van der Waals surface area contributed by atoms with E-state index in [0.29, 0.717) is 18.8 Å². The average molecular weight is 310 g/mol. The van der Waals surface area contributed by atoms with Gasteiger partial charge in [-0.05, 0) is 50.8 Å². The van der Waals surface area contributed by atoms with Crippen molar-refractivity contribution in [2.75, 3.05) is 20.3 Å². The molecule has 0 spiro atoms. The number of halogens is 1. The topological polar surface area (TPSA) is 44.8 Å². The molecule has 0 saturated carbocycles. The van der Waals surface area contributed by atoms with Crippen LogP contribution in [-0.4, -0.2) is 26.3 Å². The highest BCUT2D eigenvalue weighted by molar-refractivity contribution is 5.73. The van der Waals surface area contributed by atoms with Crippen LogP contribution < -0.4 is 4.74 Å². The molecule has 5 heteroatoms. The molecular formula is C17H23FO4. The molecular weight excluding hydrogens is 287 g/mol. The smallest absolute Gasteiger partial charge is 0.310 e. The Morgan fingerprint density at radius 2 is 2.18 bits per heavy atom. The second kappa shape index (κ2) is 7.09. The van der Waals surface area contributed by atoms with Crippen molar-refractivity contribution in [3.8, 4) is 5.75 Å². The molecule has 0 bridgehead atoms. The van der Waals surface area contributed by atoms with Crippen LogP contribution in [0.3, 0.4) is 0 Å². The predicted molar refractivity (Wildman–Crippen MR) is 80.4 cm³/mol. The minimum atomic E-state index is -0.519. The van der Waals surface area contributed by atoms with Crippen LogP contribution in [0.2, 0.25) is 0 Å². The summed E-state index contributed by atoms with van der Waals surface area (Å²) < 4.78 is 30.3. The van der Waals surface area contributed by atoms with Gasteiger partial charge in [0.05, 0.1) is 25.7 Å². The Morgan fingerprint density at radius 1 is 1.41 bits per heavy atom. The molecule has 1 atom stereocenters. The van der Waals surface area contributed by atoms with Gasteiger partial charge in [0.1, 0.15) is 0 Å². The molecule has 1 fully saturated rings. The lowest BCUT2D eigenvalue weighted by Crippen LogP contribution is -2.30. The first kappa shape index (κ1) is 16.7. The van der Waals surface area contributed by atoms with Crippen molar-refractivity contribution in [1.29, 1.82) is 0 Å². The molecule has 0 N–H and O–H groups in total. The van der Waals surface area contributed by atoms with E-state index in [1.165, 1.54) is 13.2 Å². The third kappa shape index (κ3) is 3.58. The van der Waals surface area contributed by atoms with Crippen molar-refractivity contribution in [3.05, 3.63) is 29.1 Å². The Bertz CT molecular complexity index is 536. The van der Waals surface area contributed by atoms with E-state index in [9.17, 15) is 9.18 Å². The normalized spacial score (nSPS) is 21.5. The summed E-state index contributed by atoms with van der Waals surface area (Å²) in [5.74, 6) is -0.780. The summed E-state index contributed by atoms with van der Waals surface area (Å²) in [6.45, 7) is 4.66. The molecule has 2 rings (SSSR count). The number of esters is 1. The highest BCUT2D eigenvalue weighted by atomic mass is 19.1. The zero-order valence-electron chi connectivity index (χ0n) is 13.4. The third-order valence-corrected chi connectivity index (χ3v) is 4.04. The van der Waals surface area contributed by atoms with E-state index in [1.54, 1.807) is 13.0 Å². The molecule has 0 radical (unpaired) electrons. The SMILES string of the molecule is CCOC(=O)Cc1cc(C2(C)CCCCO2)cc(F)c1OC. The number of carbonyl (C=O) groups is 1. The quantitative estimate of drug-likeness (QED) is 0.782. The van der Waals surface area contributed by atoms with Crippen LogP contribution in [-0.2, 0) is 26.3 Å². The van der Waals surface area contributed by atoms with E-state index >= 15 is 0 Å². The second-order valence-corrected chi connectivity index (χ2v) is 5.67. The molecule has 1 saturated heterocycles. The standard InChI is InChI=1S/C17H23FO4/c1-4-21-15(19)10-12-9-13(11-14(18)16(12)20-3)17(2)7-5-6-8-22-17/h9,11H,4-8,10H2,1-3H3. The van der Waals surface area contributed by atoms with Crippen molar-refractivity contribution in [1.82, 2.24) is 0 Å². The Hall–Kier alpha value is -1.62. The number of rotatable bonds is 5. The van der Waals surface area contributed by atoms with Gasteiger partial charge in [-0.3, -0.25) is 4.79 Å². The second-order valence-electron chi connectivity index (χ2n) is 5.67. The first-order valence-corrected chi connectivity index (χ1v) is 7.66. The molecule has 1 heterocycles. The van der Waals surface area contributed by atoms with Gasteiger partial charge < -0.3 is 14.2 Å². The van der Waals surface area contributed by atoms with Crippen LogP contribution in [0.15, 0.2) is 12.1 Å². The highest BCUT2D eigenvalue weighted by Crippen LogP contribution is 2.38. The van der Waals surface area contributed by atoms with E-state index in [2.05, 4.69) is 0 Å². The van der Waals surface area contributed by atoms with E-state index in [1.807, 2.05) is 6.92 Å². The predicted octanol–water partition coefficient (Wildman–Crippen LogP) is 3.36. The molecule has 0 amide bonds. The first-order chi connectivity index (χ1) is 10.5. The molecule has 1 unspecified atom stereocenters. The van der Waals surface area contributed by atoms with Gasteiger partial charge in [-0.2, -0.15) is 0 Å². The van der Waals surface area contributed by atoms with Crippen molar-refractivity contribution in [2.45, 2.75) is 45.1 Å². The summed E-state index contributed by atoms with van der Waals surface area (Å²) in [6.07, 6.45) is 2.87. The number of hydrogen-bond acceptors (Lipinski definition) is 4. The van der Waals surface area contributed by atoms with Crippen molar-refractivity contribution in [3.63, 3.8) is 0 Å². The average Bonchev–Trinajstić information content (AvgIpc) is 2.48. The van der Waals surface area contributed by atoms with E-state index in [0.717, 1.165) is 24.8 Å². The molecule has 0 aliphatic carbocycles. The molecule has 1 aromatic rings. The van der Waals surface area contributed by atoms with E-state index < -0.39 is 17.4 Å². The van der Waals surface area contributed by atoms with Gasteiger partial charge >= 0.3 is 5.97 Å². The maximum Gasteiger partial charge on any atom is 0.310 e. The van der Waals surface area contributed by atoms with Gasteiger partial charge in [-0.15, -0.1) is 0 Å². The molecule has 1 aromatic carbocycles. The van der Waals surface area contributed by atoms with Gasteiger partial charge in [0.2, 0.25) is 0 Å². The van der Waals surface area contributed by atoms with Gasteiger partial charge in [0, 0.05) is 12.2 Å². The summed E-state index contributed by atoms with van der Waals surface area (Å²) in [5.41, 5.74) is 0.713. The molecule has 0 aromatic heterocycles. The molecule has 1 aliphatic rings. The number of benzene rings is 1. The van der Waals surface area contributed by atoms with Crippen molar-refractivity contribution < 1.29 is 23.4 Å². The third-order valence-electron chi connectivity index (χ3n) is 4.04. The first-order valence-electron chi connectivity index (χ1n) is 7.66. The number of carbonyl (C=O) groups excluding carboxylic acids is 1. The molecule has 4 nitrogen and oxygen atoms in total. The van der Waals surface area contributed by atoms with Crippen LogP contribution in [0.4, 0.5) is 4.39 Å². The number of ether oxygens (including phenoxy) is 3. The fourth-order valence-electron chi connectivity index (χ4n) is 2.84. The van der Waals surface area contributed by atoms with Crippen molar-refractivity contribution in [2.24, 2.45) is 0 Å².